The summed E-state index contributed by atoms with van der Waals surface area (Å²) in [4.78, 5) is 28.9. The summed E-state index contributed by atoms with van der Waals surface area (Å²) >= 11 is 7.06. The number of esters is 1. The number of nitrogens with zero attached hydrogens (tertiary/aromatic N) is 2. The number of fused-ring (bicyclic) bond motifs is 1. The van der Waals surface area contributed by atoms with E-state index in [0.717, 1.165) is 11.3 Å². The van der Waals surface area contributed by atoms with Crippen molar-refractivity contribution in [3.8, 4) is 0 Å². The van der Waals surface area contributed by atoms with Crippen molar-refractivity contribution in [1.29, 1.82) is 0 Å². The first-order valence-electron chi connectivity index (χ1n) is 8.85. The van der Waals surface area contributed by atoms with Crippen LogP contribution < -0.4 is 9.94 Å². The van der Waals surface area contributed by atoms with E-state index >= 15 is 0 Å². The largest absolute Gasteiger partial charge is 0.466 e. The fourth-order valence-corrected chi connectivity index (χ4v) is 4.64. The Kier molecular flexibility index (Phi) is 6.71. The summed E-state index contributed by atoms with van der Waals surface area (Å²) in [6, 6.07) is 10.7. The van der Waals surface area contributed by atoms with Gasteiger partial charge in [-0.1, -0.05) is 29.0 Å². The summed E-state index contributed by atoms with van der Waals surface area (Å²) in [6.07, 6.45) is 0.0646. The van der Waals surface area contributed by atoms with Crippen molar-refractivity contribution in [1.82, 2.24) is 4.57 Å². The van der Waals surface area contributed by atoms with Crippen LogP contribution in [-0.2, 0) is 26.1 Å². The number of carbonyl (C=O) groups is 2. The molecule has 0 atom stereocenters. The molecule has 0 fully saturated rings. The SMILES string of the molecule is CCOC(=O)CCn1c(=NC(=O)c2cccc(Cl)c2)sc2cc(S(N)(=O)=O)ccc21. The van der Waals surface area contributed by atoms with E-state index in [2.05, 4.69) is 4.99 Å². The smallest absolute Gasteiger partial charge is 0.307 e. The van der Waals surface area contributed by atoms with Crippen LogP contribution in [0.25, 0.3) is 10.2 Å². The van der Waals surface area contributed by atoms with Gasteiger partial charge in [-0.25, -0.2) is 13.6 Å². The molecule has 30 heavy (non-hydrogen) atoms. The lowest BCUT2D eigenvalue weighted by molar-refractivity contribution is -0.143. The Morgan fingerprint density at radius 2 is 2.00 bits per heavy atom. The predicted octanol–water partition coefficient (Wildman–Crippen LogP) is 2.70. The second kappa shape index (κ2) is 9.09. The van der Waals surface area contributed by atoms with Gasteiger partial charge in [0.2, 0.25) is 10.0 Å². The molecule has 0 spiro atoms. The summed E-state index contributed by atoms with van der Waals surface area (Å²) in [5, 5.41) is 5.62. The van der Waals surface area contributed by atoms with Crippen molar-refractivity contribution in [2.75, 3.05) is 6.61 Å². The molecule has 0 unspecified atom stereocenters. The number of benzene rings is 2. The van der Waals surface area contributed by atoms with Gasteiger partial charge in [0, 0.05) is 17.1 Å². The quantitative estimate of drug-likeness (QED) is 0.558. The number of hydrogen-bond donors (Lipinski definition) is 1. The van der Waals surface area contributed by atoms with E-state index in [0.29, 0.717) is 25.6 Å². The number of carbonyl (C=O) groups excluding carboxylic acids is 2. The summed E-state index contributed by atoms with van der Waals surface area (Å²) in [6.45, 7) is 2.18. The summed E-state index contributed by atoms with van der Waals surface area (Å²) < 4.78 is 30.5. The minimum absolute atomic E-state index is 0.0542. The number of sulfonamides is 1. The lowest BCUT2D eigenvalue weighted by atomic mass is 10.2. The minimum Gasteiger partial charge on any atom is -0.466 e. The van der Waals surface area contributed by atoms with E-state index in [9.17, 15) is 18.0 Å². The van der Waals surface area contributed by atoms with Crippen LogP contribution in [-0.4, -0.2) is 31.5 Å². The van der Waals surface area contributed by atoms with Crippen LogP contribution in [0.1, 0.15) is 23.7 Å². The number of thiazole rings is 1. The first-order chi connectivity index (χ1) is 14.2. The van der Waals surface area contributed by atoms with Crippen molar-refractivity contribution in [3.63, 3.8) is 0 Å². The van der Waals surface area contributed by atoms with E-state index in [1.165, 1.54) is 18.2 Å². The maximum absolute atomic E-state index is 12.6. The normalized spacial score (nSPS) is 12.3. The Morgan fingerprint density at radius 3 is 2.67 bits per heavy atom. The Balaban J connectivity index is 2.11. The average molecular weight is 468 g/mol. The highest BCUT2D eigenvalue weighted by Crippen LogP contribution is 2.22. The fraction of sp³-hybridized carbons (Fsp3) is 0.211. The summed E-state index contributed by atoms with van der Waals surface area (Å²) in [5.41, 5.74) is 0.927. The van der Waals surface area contributed by atoms with Crippen LogP contribution >= 0.6 is 22.9 Å². The molecule has 2 N–H and O–H groups in total. The van der Waals surface area contributed by atoms with Crippen molar-refractivity contribution >= 4 is 55.1 Å². The first-order valence-corrected chi connectivity index (χ1v) is 11.6. The van der Waals surface area contributed by atoms with Crippen molar-refractivity contribution in [2.45, 2.75) is 24.8 Å². The molecular formula is C19H18ClN3O5S2. The topological polar surface area (TPSA) is 121 Å². The molecule has 3 aromatic rings. The molecule has 0 radical (unpaired) electrons. The summed E-state index contributed by atoms with van der Waals surface area (Å²) in [7, 11) is -3.89. The Bertz CT molecular complexity index is 1290. The highest BCUT2D eigenvalue weighted by atomic mass is 35.5. The summed E-state index contributed by atoms with van der Waals surface area (Å²) in [5.74, 6) is -0.904. The molecule has 2 aromatic carbocycles. The van der Waals surface area contributed by atoms with Gasteiger partial charge in [-0.15, -0.1) is 0 Å². The lowest BCUT2D eigenvalue weighted by Gasteiger charge is -2.06. The maximum atomic E-state index is 12.6. The third kappa shape index (κ3) is 5.14. The second-order valence-electron chi connectivity index (χ2n) is 6.19. The molecule has 3 rings (SSSR count). The Morgan fingerprint density at radius 1 is 1.23 bits per heavy atom. The third-order valence-electron chi connectivity index (χ3n) is 4.10. The van der Waals surface area contributed by atoms with E-state index in [4.69, 9.17) is 21.5 Å². The lowest BCUT2D eigenvalue weighted by Crippen LogP contribution is -2.19. The molecule has 1 aromatic heterocycles. The van der Waals surface area contributed by atoms with Crippen LogP contribution in [0.3, 0.4) is 0 Å². The number of aromatic nitrogens is 1. The Hall–Kier alpha value is -2.53. The molecule has 0 saturated carbocycles. The Labute approximate surface area is 181 Å². The fourth-order valence-electron chi connectivity index (χ4n) is 2.74. The number of halogens is 1. The number of ether oxygens (including phenoxy) is 1. The highest BCUT2D eigenvalue weighted by molar-refractivity contribution is 7.89. The number of amides is 1. The number of aryl methyl sites for hydroxylation is 1. The molecule has 0 aliphatic rings. The molecule has 1 amide bonds. The van der Waals surface area contributed by atoms with Gasteiger partial charge in [-0.3, -0.25) is 9.59 Å². The maximum Gasteiger partial charge on any atom is 0.307 e. The third-order valence-corrected chi connectivity index (χ3v) is 6.28. The van der Waals surface area contributed by atoms with Crippen molar-refractivity contribution < 1.29 is 22.7 Å². The molecule has 1 heterocycles. The van der Waals surface area contributed by atoms with Crippen LogP contribution in [0.15, 0.2) is 52.4 Å². The number of rotatable bonds is 6. The van der Waals surface area contributed by atoms with Gasteiger partial charge >= 0.3 is 5.97 Å². The predicted molar refractivity (Wildman–Crippen MR) is 114 cm³/mol. The van der Waals surface area contributed by atoms with Gasteiger partial charge in [-0.2, -0.15) is 4.99 Å². The molecule has 0 bridgehead atoms. The standard InChI is InChI=1S/C19H18ClN3O5S2/c1-2-28-17(24)8-9-23-15-7-6-14(30(21,26)27)11-16(15)29-19(23)22-18(25)12-4-3-5-13(20)10-12/h3-7,10-11H,2,8-9H2,1H3,(H2,21,26,27). The molecule has 11 heteroatoms. The zero-order valence-corrected chi connectivity index (χ0v) is 18.3. The van der Waals surface area contributed by atoms with E-state index in [-0.39, 0.29) is 24.5 Å². The van der Waals surface area contributed by atoms with Crippen LogP contribution in [0, 0.1) is 0 Å². The van der Waals surface area contributed by atoms with Gasteiger partial charge < -0.3 is 9.30 Å². The number of primary sulfonamides is 1. The number of nitrogens with two attached hydrogens (primary N) is 1. The average Bonchev–Trinajstić information content (AvgIpc) is 3.02. The van der Waals surface area contributed by atoms with Gasteiger partial charge in [0.1, 0.15) is 0 Å². The second-order valence-corrected chi connectivity index (χ2v) is 9.20. The minimum atomic E-state index is -3.89. The van der Waals surface area contributed by atoms with E-state index < -0.39 is 21.9 Å². The van der Waals surface area contributed by atoms with Crippen LogP contribution in [0.2, 0.25) is 5.02 Å². The molecule has 0 aliphatic heterocycles. The van der Waals surface area contributed by atoms with Crippen LogP contribution in [0.4, 0.5) is 0 Å². The van der Waals surface area contributed by atoms with E-state index in [1.54, 1.807) is 35.8 Å². The molecule has 8 nitrogen and oxygen atoms in total. The molecule has 158 valence electrons. The van der Waals surface area contributed by atoms with Gasteiger partial charge in [0.15, 0.2) is 4.80 Å². The van der Waals surface area contributed by atoms with Crippen molar-refractivity contribution in [2.24, 2.45) is 10.1 Å². The molecule has 0 saturated heterocycles. The monoisotopic (exact) mass is 467 g/mol. The van der Waals surface area contributed by atoms with Crippen LogP contribution in [0.5, 0.6) is 0 Å². The highest BCUT2D eigenvalue weighted by Gasteiger charge is 2.15. The van der Waals surface area contributed by atoms with E-state index in [1.807, 2.05) is 0 Å². The van der Waals surface area contributed by atoms with Gasteiger partial charge in [-0.05, 0) is 43.3 Å². The number of hydrogen-bond acceptors (Lipinski definition) is 6. The van der Waals surface area contributed by atoms with Gasteiger partial charge in [0.25, 0.3) is 5.91 Å². The van der Waals surface area contributed by atoms with Crippen molar-refractivity contribution in [3.05, 3.63) is 57.9 Å². The molecule has 0 aliphatic carbocycles. The van der Waals surface area contributed by atoms with Gasteiger partial charge in [0.05, 0.1) is 28.1 Å². The zero-order chi connectivity index (χ0) is 21.9. The first kappa shape index (κ1) is 22.2. The zero-order valence-electron chi connectivity index (χ0n) is 15.9. The molecular weight excluding hydrogens is 450 g/mol.